The molecule has 4 heteroatoms. The number of nitrogens with zero attached hydrogens (tertiary/aromatic N) is 2. The van der Waals surface area contributed by atoms with Crippen LogP contribution in [-0.2, 0) is 19.4 Å². The SMILES string of the molecule is CN(Cc1nc2c(s1)CCC2)CC1CCCC1O. The first-order valence-corrected chi connectivity index (χ1v) is 7.88. The highest BCUT2D eigenvalue weighted by Gasteiger charge is 2.26. The number of aliphatic hydroxyl groups is 1. The van der Waals surface area contributed by atoms with Gasteiger partial charge in [0, 0.05) is 11.4 Å². The summed E-state index contributed by atoms with van der Waals surface area (Å²) in [5.74, 6) is 0.474. The standard InChI is InChI=1S/C14H22N2OS/c1-16(8-10-4-2-6-12(10)17)9-14-15-11-5-3-7-13(11)18-14/h10,12,17H,2-9H2,1H3. The van der Waals surface area contributed by atoms with Crippen LogP contribution < -0.4 is 0 Å². The Bertz CT molecular complexity index is 396. The Labute approximate surface area is 113 Å². The second kappa shape index (κ2) is 5.27. The lowest BCUT2D eigenvalue weighted by atomic mass is 10.1. The zero-order chi connectivity index (χ0) is 12.5. The molecule has 1 aromatic heterocycles. The first-order valence-electron chi connectivity index (χ1n) is 7.06. The minimum atomic E-state index is -0.0752. The summed E-state index contributed by atoms with van der Waals surface area (Å²) >= 11 is 1.89. The Balaban J connectivity index is 1.55. The molecule has 1 N–H and O–H groups in total. The summed E-state index contributed by atoms with van der Waals surface area (Å²) in [4.78, 5) is 8.58. The molecule has 0 aromatic carbocycles. The molecule has 3 rings (SSSR count). The van der Waals surface area contributed by atoms with E-state index in [2.05, 4.69) is 11.9 Å². The maximum absolute atomic E-state index is 9.86. The first-order chi connectivity index (χ1) is 8.72. The number of aryl methyl sites for hydroxylation is 2. The van der Waals surface area contributed by atoms with Gasteiger partial charge in [0.2, 0.25) is 0 Å². The van der Waals surface area contributed by atoms with Crippen molar-refractivity contribution in [2.45, 2.75) is 51.2 Å². The number of aliphatic hydroxyl groups excluding tert-OH is 1. The fourth-order valence-electron chi connectivity index (χ4n) is 3.24. The second-order valence-electron chi connectivity index (χ2n) is 5.79. The van der Waals surface area contributed by atoms with Gasteiger partial charge in [0.1, 0.15) is 5.01 Å². The van der Waals surface area contributed by atoms with Gasteiger partial charge in [0.05, 0.1) is 18.3 Å². The van der Waals surface area contributed by atoms with Crippen molar-refractivity contribution in [1.29, 1.82) is 0 Å². The maximum atomic E-state index is 9.86. The van der Waals surface area contributed by atoms with E-state index in [0.717, 1.165) is 19.5 Å². The minimum absolute atomic E-state index is 0.0752. The monoisotopic (exact) mass is 266 g/mol. The number of aromatic nitrogens is 1. The quantitative estimate of drug-likeness (QED) is 0.908. The third-order valence-electron chi connectivity index (χ3n) is 4.21. The van der Waals surface area contributed by atoms with Gasteiger partial charge in [-0.05, 0) is 45.1 Å². The largest absolute Gasteiger partial charge is 0.393 e. The van der Waals surface area contributed by atoms with Gasteiger partial charge in [0.15, 0.2) is 0 Å². The van der Waals surface area contributed by atoms with Crippen molar-refractivity contribution >= 4 is 11.3 Å². The highest BCUT2D eigenvalue weighted by molar-refractivity contribution is 7.11. The van der Waals surface area contributed by atoms with E-state index >= 15 is 0 Å². The van der Waals surface area contributed by atoms with Crippen LogP contribution in [0.5, 0.6) is 0 Å². The van der Waals surface area contributed by atoms with Gasteiger partial charge in [-0.3, -0.25) is 4.90 Å². The molecular formula is C14H22N2OS. The van der Waals surface area contributed by atoms with E-state index in [4.69, 9.17) is 4.98 Å². The number of rotatable bonds is 4. The molecule has 100 valence electrons. The number of hydrogen-bond donors (Lipinski definition) is 1. The van der Waals surface area contributed by atoms with E-state index < -0.39 is 0 Å². The van der Waals surface area contributed by atoms with E-state index in [-0.39, 0.29) is 6.10 Å². The Morgan fingerprint density at radius 3 is 2.94 bits per heavy atom. The maximum Gasteiger partial charge on any atom is 0.107 e. The number of hydrogen-bond acceptors (Lipinski definition) is 4. The van der Waals surface area contributed by atoms with Crippen molar-refractivity contribution in [3.8, 4) is 0 Å². The van der Waals surface area contributed by atoms with Gasteiger partial charge in [-0.2, -0.15) is 0 Å². The van der Waals surface area contributed by atoms with Crippen molar-refractivity contribution in [2.75, 3.05) is 13.6 Å². The number of fused-ring (bicyclic) bond motifs is 1. The van der Waals surface area contributed by atoms with Gasteiger partial charge >= 0.3 is 0 Å². The Morgan fingerprint density at radius 1 is 1.33 bits per heavy atom. The highest BCUT2D eigenvalue weighted by Crippen LogP contribution is 2.29. The van der Waals surface area contributed by atoms with Crippen LogP contribution in [-0.4, -0.2) is 34.7 Å². The van der Waals surface area contributed by atoms with Crippen LogP contribution in [0.1, 0.15) is 41.3 Å². The van der Waals surface area contributed by atoms with Crippen LogP contribution in [0.2, 0.25) is 0 Å². The van der Waals surface area contributed by atoms with E-state index in [0.29, 0.717) is 5.92 Å². The van der Waals surface area contributed by atoms with Crippen LogP contribution >= 0.6 is 11.3 Å². The zero-order valence-corrected chi connectivity index (χ0v) is 11.9. The summed E-state index contributed by atoms with van der Waals surface area (Å²) in [7, 11) is 2.15. The van der Waals surface area contributed by atoms with E-state index in [9.17, 15) is 5.11 Å². The Hall–Kier alpha value is -0.450. The van der Waals surface area contributed by atoms with Crippen molar-refractivity contribution in [1.82, 2.24) is 9.88 Å². The molecule has 0 bridgehead atoms. The average Bonchev–Trinajstić information content (AvgIpc) is 2.96. The molecule has 1 heterocycles. The highest BCUT2D eigenvalue weighted by atomic mass is 32.1. The van der Waals surface area contributed by atoms with Crippen LogP contribution in [0.15, 0.2) is 0 Å². The molecule has 2 aliphatic rings. The molecule has 2 unspecified atom stereocenters. The summed E-state index contributed by atoms with van der Waals surface area (Å²) in [6, 6.07) is 0. The molecule has 0 amide bonds. The second-order valence-corrected chi connectivity index (χ2v) is 6.95. The Kier molecular flexibility index (Phi) is 3.68. The summed E-state index contributed by atoms with van der Waals surface area (Å²) in [5, 5.41) is 11.1. The van der Waals surface area contributed by atoms with Gasteiger partial charge in [-0.15, -0.1) is 11.3 Å². The van der Waals surface area contributed by atoms with Crippen LogP contribution in [0.4, 0.5) is 0 Å². The normalized spacial score (nSPS) is 27.1. The molecule has 2 atom stereocenters. The van der Waals surface area contributed by atoms with Crippen molar-refractivity contribution in [3.05, 3.63) is 15.6 Å². The van der Waals surface area contributed by atoms with Crippen molar-refractivity contribution in [2.24, 2.45) is 5.92 Å². The molecule has 0 spiro atoms. The molecule has 2 aliphatic carbocycles. The van der Waals surface area contributed by atoms with Crippen molar-refractivity contribution < 1.29 is 5.11 Å². The van der Waals surface area contributed by atoms with E-state index in [1.54, 1.807) is 0 Å². The van der Waals surface area contributed by atoms with Crippen molar-refractivity contribution in [3.63, 3.8) is 0 Å². The summed E-state index contributed by atoms with van der Waals surface area (Å²) < 4.78 is 0. The molecule has 1 aromatic rings. The molecule has 1 saturated carbocycles. The number of thiazole rings is 1. The average molecular weight is 266 g/mol. The van der Waals surface area contributed by atoms with Gasteiger partial charge in [-0.25, -0.2) is 4.98 Å². The van der Waals surface area contributed by atoms with E-state index in [1.807, 2.05) is 11.3 Å². The molecule has 0 saturated heterocycles. The molecule has 0 radical (unpaired) electrons. The van der Waals surface area contributed by atoms with Crippen LogP contribution in [0.3, 0.4) is 0 Å². The predicted octanol–water partition coefficient (Wildman–Crippen LogP) is 2.22. The van der Waals surface area contributed by atoms with Crippen LogP contribution in [0.25, 0.3) is 0 Å². The predicted molar refractivity (Wildman–Crippen MR) is 73.8 cm³/mol. The topological polar surface area (TPSA) is 36.4 Å². The molecule has 3 nitrogen and oxygen atoms in total. The lowest BCUT2D eigenvalue weighted by molar-refractivity contribution is 0.108. The lowest BCUT2D eigenvalue weighted by Gasteiger charge is -2.22. The third kappa shape index (κ3) is 2.60. The van der Waals surface area contributed by atoms with Gasteiger partial charge in [0.25, 0.3) is 0 Å². The Morgan fingerprint density at radius 2 is 2.22 bits per heavy atom. The van der Waals surface area contributed by atoms with E-state index in [1.165, 1.54) is 47.7 Å². The molecular weight excluding hydrogens is 244 g/mol. The fourth-order valence-corrected chi connectivity index (χ4v) is 4.47. The zero-order valence-electron chi connectivity index (χ0n) is 11.1. The molecule has 1 fully saturated rings. The molecule has 18 heavy (non-hydrogen) atoms. The fraction of sp³-hybridized carbons (Fsp3) is 0.786. The summed E-state index contributed by atoms with van der Waals surface area (Å²) in [6.07, 6.45) is 6.98. The lowest BCUT2D eigenvalue weighted by Crippen LogP contribution is -2.29. The first kappa shape index (κ1) is 12.6. The van der Waals surface area contributed by atoms with Crippen LogP contribution in [0, 0.1) is 5.92 Å². The smallest absolute Gasteiger partial charge is 0.107 e. The molecule has 0 aliphatic heterocycles. The summed E-state index contributed by atoms with van der Waals surface area (Å²) in [6.45, 7) is 1.95. The minimum Gasteiger partial charge on any atom is -0.393 e. The van der Waals surface area contributed by atoms with Gasteiger partial charge in [-0.1, -0.05) is 6.42 Å². The van der Waals surface area contributed by atoms with Gasteiger partial charge < -0.3 is 5.11 Å². The third-order valence-corrected chi connectivity index (χ3v) is 5.35. The summed E-state index contributed by atoms with van der Waals surface area (Å²) in [5.41, 5.74) is 1.35.